The van der Waals surface area contributed by atoms with E-state index in [1.807, 2.05) is 6.07 Å². The first-order valence-electron chi connectivity index (χ1n) is 10.6. The van der Waals surface area contributed by atoms with E-state index in [0.717, 1.165) is 4.70 Å². The lowest BCUT2D eigenvalue weighted by molar-refractivity contribution is 0.456. The predicted molar refractivity (Wildman–Crippen MR) is 134 cm³/mol. The van der Waals surface area contributed by atoms with Crippen LogP contribution >= 0.6 is 11.3 Å². The molecule has 1 aliphatic rings. The molecule has 190 valence electrons. The molecule has 1 atom stereocenters. The normalized spacial score (nSPS) is 18.7. The van der Waals surface area contributed by atoms with E-state index in [1.54, 1.807) is 12.1 Å². The second-order valence-electron chi connectivity index (χ2n) is 8.41. The van der Waals surface area contributed by atoms with Crippen molar-refractivity contribution >= 4 is 46.7 Å². The summed E-state index contributed by atoms with van der Waals surface area (Å²) in [6.45, 7) is 0.943. The molecule has 14 nitrogen and oxygen atoms in total. The molecule has 2 aromatic heterocycles. The Morgan fingerprint density at radius 2 is 1.94 bits per heavy atom. The van der Waals surface area contributed by atoms with Crippen molar-refractivity contribution in [3.8, 4) is 22.5 Å². The molecule has 2 aromatic carbocycles. The van der Waals surface area contributed by atoms with Gasteiger partial charge in [0.2, 0.25) is 25.9 Å². The van der Waals surface area contributed by atoms with Gasteiger partial charge in [0.25, 0.3) is 0 Å². The molecular formula is C19H22N10O4S3. The van der Waals surface area contributed by atoms with Gasteiger partial charge in [0, 0.05) is 24.2 Å². The first kappa shape index (κ1) is 24.6. The fourth-order valence-electron chi connectivity index (χ4n) is 4.19. The number of aromatic nitrogens is 5. The monoisotopic (exact) mass is 550 g/mol. The van der Waals surface area contributed by atoms with Crippen LogP contribution < -0.4 is 26.6 Å². The Balaban J connectivity index is 1.76. The van der Waals surface area contributed by atoms with E-state index < -0.39 is 35.4 Å². The fourth-order valence-corrected chi connectivity index (χ4v) is 7.68. The van der Waals surface area contributed by atoms with Gasteiger partial charge in [0.1, 0.15) is 9.79 Å². The number of para-hydroxylation sites is 1. The van der Waals surface area contributed by atoms with Crippen LogP contribution in [-0.4, -0.2) is 67.6 Å². The maximum absolute atomic E-state index is 13.4. The highest BCUT2D eigenvalue weighted by molar-refractivity contribution is 7.92. The van der Waals surface area contributed by atoms with Gasteiger partial charge in [-0.05, 0) is 35.9 Å². The number of nitrogen functional groups attached to an aromatic ring is 1. The summed E-state index contributed by atoms with van der Waals surface area (Å²) in [6, 6.07) is 7.88. The molecule has 17 heteroatoms. The van der Waals surface area contributed by atoms with Crippen LogP contribution in [0.2, 0.25) is 0 Å². The molecule has 0 saturated carbocycles. The molecule has 0 aliphatic carbocycles. The van der Waals surface area contributed by atoms with Crippen molar-refractivity contribution < 1.29 is 16.8 Å². The second kappa shape index (κ2) is 8.80. The number of rotatable bonds is 7. The number of anilines is 1. The van der Waals surface area contributed by atoms with E-state index in [4.69, 9.17) is 16.6 Å². The molecule has 0 bridgehead atoms. The number of hydrogen-bond donors (Lipinski definition) is 6. The number of hydrogen-bond acceptors (Lipinski definition) is 12. The van der Waals surface area contributed by atoms with Crippen LogP contribution in [0.4, 0.5) is 5.13 Å². The number of primary sulfonamides is 1. The maximum atomic E-state index is 13.4. The molecule has 0 amide bonds. The summed E-state index contributed by atoms with van der Waals surface area (Å²) in [4.78, 5) is 3.12. The summed E-state index contributed by atoms with van der Waals surface area (Å²) >= 11 is 1.25. The quantitative estimate of drug-likeness (QED) is 0.169. The Labute approximate surface area is 209 Å². The number of sulfonamides is 2. The van der Waals surface area contributed by atoms with Crippen molar-refractivity contribution in [2.45, 2.75) is 21.8 Å². The van der Waals surface area contributed by atoms with Gasteiger partial charge >= 0.3 is 0 Å². The van der Waals surface area contributed by atoms with E-state index >= 15 is 0 Å². The van der Waals surface area contributed by atoms with Crippen LogP contribution in [0, 0.1) is 0 Å². The van der Waals surface area contributed by atoms with E-state index in [2.05, 4.69) is 35.6 Å². The summed E-state index contributed by atoms with van der Waals surface area (Å²) in [5, 5.41) is 22.6. The number of tetrazole rings is 1. The maximum Gasteiger partial charge on any atom is 0.242 e. The van der Waals surface area contributed by atoms with Crippen LogP contribution in [0.1, 0.15) is 6.42 Å². The number of thiazole rings is 1. The van der Waals surface area contributed by atoms with Crippen molar-refractivity contribution in [2.24, 2.45) is 10.9 Å². The number of H-pyrrole nitrogens is 1. The number of fused-ring (bicyclic) bond motifs is 1. The number of aromatic amines is 1. The van der Waals surface area contributed by atoms with Crippen molar-refractivity contribution in [3.05, 3.63) is 30.3 Å². The molecule has 36 heavy (non-hydrogen) atoms. The third-order valence-corrected chi connectivity index (χ3v) is 9.30. The summed E-state index contributed by atoms with van der Waals surface area (Å²) < 4.78 is 55.8. The standard InChI is InChI=1S/C19H22N10O4S3/c20-18-25-15-11(2-1-3-12(15)34-18)10-4-5-13(36(32,33)24-9-19(21)6-7-23-8-19)16(35(22,30)31)14(10)17-26-28-29-27-17/h1-5,23-24H,6-9,21H2,(H2,20,25)(H2,22,30,31)(H,26,27,28,29). The Morgan fingerprint density at radius 1 is 1.14 bits per heavy atom. The Morgan fingerprint density at radius 3 is 2.61 bits per heavy atom. The zero-order valence-electron chi connectivity index (χ0n) is 18.6. The van der Waals surface area contributed by atoms with Crippen LogP contribution in [-0.2, 0) is 20.0 Å². The number of benzene rings is 2. The lowest BCUT2D eigenvalue weighted by Gasteiger charge is -2.23. The van der Waals surface area contributed by atoms with Crippen molar-refractivity contribution in [3.63, 3.8) is 0 Å². The van der Waals surface area contributed by atoms with Gasteiger partial charge in [0.05, 0.1) is 15.8 Å². The molecule has 5 rings (SSSR count). The van der Waals surface area contributed by atoms with Gasteiger partial charge < -0.3 is 16.8 Å². The highest BCUT2D eigenvalue weighted by Crippen LogP contribution is 2.41. The van der Waals surface area contributed by atoms with Crippen LogP contribution in [0.5, 0.6) is 0 Å². The average molecular weight is 551 g/mol. The molecule has 1 saturated heterocycles. The number of nitrogens with one attached hydrogen (secondary N) is 3. The Bertz CT molecular complexity index is 1660. The van der Waals surface area contributed by atoms with Gasteiger partial charge in [-0.25, -0.2) is 31.7 Å². The Hall–Kier alpha value is -3.06. The average Bonchev–Trinajstić information content (AvgIpc) is 3.57. The first-order chi connectivity index (χ1) is 17.0. The second-order valence-corrected chi connectivity index (χ2v) is 12.7. The molecule has 1 aliphatic heterocycles. The minimum atomic E-state index is -4.63. The zero-order valence-corrected chi connectivity index (χ0v) is 21.0. The highest BCUT2D eigenvalue weighted by Gasteiger charge is 2.35. The van der Waals surface area contributed by atoms with Crippen LogP contribution in [0.15, 0.2) is 40.1 Å². The topological polar surface area (TPSA) is 238 Å². The number of nitrogens with two attached hydrogens (primary N) is 3. The third-order valence-electron chi connectivity index (χ3n) is 5.88. The summed E-state index contributed by atoms with van der Waals surface area (Å²) in [5.41, 5.74) is 12.5. The lowest BCUT2D eigenvalue weighted by atomic mass is 9.98. The van der Waals surface area contributed by atoms with Gasteiger partial charge in [-0.3, -0.25) is 0 Å². The van der Waals surface area contributed by atoms with Gasteiger partial charge in [-0.2, -0.15) is 5.21 Å². The lowest BCUT2D eigenvalue weighted by Crippen LogP contribution is -2.51. The molecule has 3 heterocycles. The molecule has 1 fully saturated rings. The van der Waals surface area contributed by atoms with Gasteiger partial charge in [-0.15, -0.1) is 10.2 Å². The summed E-state index contributed by atoms with van der Waals surface area (Å²) in [7, 11) is -9.02. The van der Waals surface area contributed by atoms with E-state index in [-0.39, 0.29) is 23.5 Å². The smallest absolute Gasteiger partial charge is 0.242 e. The fraction of sp³-hybridized carbons (Fsp3) is 0.263. The first-order valence-corrected chi connectivity index (χ1v) is 14.4. The molecule has 1 unspecified atom stereocenters. The van der Waals surface area contributed by atoms with Crippen molar-refractivity contribution in [2.75, 3.05) is 25.4 Å². The molecule has 9 N–H and O–H groups in total. The summed E-state index contributed by atoms with van der Waals surface area (Å²) in [6.07, 6.45) is 0.547. The molecular weight excluding hydrogens is 528 g/mol. The van der Waals surface area contributed by atoms with Crippen LogP contribution in [0.25, 0.3) is 32.7 Å². The van der Waals surface area contributed by atoms with Crippen molar-refractivity contribution in [1.82, 2.24) is 35.6 Å². The van der Waals surface area contributed by atoms with Crippen LogP contribution in [0.3, 0.4) is 0 Å². The zero-order chi connectivity index (χ0) is 25.7. The molecule has 0 radical (unpaired) electrons. The Kier molecular flexibility index (Phi) is 6.02. The molecule has 4 aromatic rings. The minimum Gasteiger partial charge on any atom is -0.375 e. The molecule has 0 spiro atoms. The predicted octanol–water partition coefficient (Wildman–Crippen LogP) is -0.658. The number of nitrogens with zero attached hydrogens (tertiary/aromatic N) is 4. The highest BCUT2D eigenvalue weighted by atomic mass is 32.2. The summed E-state index contributed by atoms with van der Waals surface area (Å²) in [5.74, 6) is -0.165. The third kappa shape index (κ3) is 4.45. The van der Waals surface area contributed by atoms with E-state index in [9.17, 15) is 16.8 Å². The van der Waals surface area contributed by atoms with Gasteiger partial charge in [0.15, 0.2) is 5.13 Å². The SMILES string of the molecule is Nc1nc2c(-c3ccc(S(=O)(=O)NCC4(N)CCNC4)c(S(N)(=O)=O)c3-c3nn[nH]n3)cccc2s1. The largest absolute Gasteiger partial charge is 0.375 e. The van der Waals surface area contributed by atoms with Crippen molar-refractivity contribution in [1.29, 1.82) is 0 Å². The van der Waals surface area contributed by atoms with E-state index in [1.165, 1.54) is 23.5 Å². The van der Waals surface area contributed by atoms with Gasteiger partial charge in [-0.1, -0.05) is 29.5 Å². The van der Waals surface area contributed by atoms with E-state index in [0.29, 0.717) is 35.7 Å². The minimum absolute atomic E-state index is 0.108.